The Labute approximate surface area is 123 Å². The number of nitrogen functional groups attached to an aromatic ring is 1. The average molecular weight is 310 g/mol. The molecule has 1 aromatic carbocycles. The number of nitrogens with two attached hydrogens (primary N) is 1. The van der Waals surface area contributed by atoms with E-state index in [1.165, 1.54) is 13.1 Å². The molecule has 0 saturated heterocycles. The van der Waals surface area contributed by atoms with Crippen molar-refractivity contribution in [3.8, 4) is 0 Å². The summed E-state index contributed by atoms with van der Waals surface area (Å²) in [5, 5.41) is 3.06. The van der Waals surface area contributed by atoms with E-state index in [1.807, 2.05) is 0 Å². The summed E-state index contributed by atoms with van der Waals surface area (Å²) in [6.07, 6.45) is 1.39. The van der Waals surface area contributed by atoms with Gasteiger partial charge >= 0.3 is 0 Å². The Bertz CT molecular complexity index is 767. The second-order valence-electron chi connectivity index (χ2n) is 4.70. The standard InChI is InChI=1S/C13H18N4O3S/c1-3-15-13(18)8(2)17-21(19,20)12-7-16-11-5-4-9(14)6-10(11)12/h4-8,16-17H,3,14H2,1-2H3,(H,15,18). The summed E-state index contributed by atoms with van der Waals surface area (Å²) in [6, 6.07) is 4.11. The van der Waals surface area contributed by atoms with Gasteiger partial charge in [-0.25, -0.2) is 8.42 Å². The molecule has 0 aliphatic rings. The molecule has 0 aliphatic heterocycles. The first-order valence-electron chi connectivity index (χ1n) is 6.52. The number of nitrogens with one attached hydrogen (secondary N) is 3. The van der Waals surface area contributed by atoms with E-state index in [1.54, 1.807) is 25.1 Å². The Morgan fingerprint density at radius 3 is 2.81 bits per heavy atom. The molecule has 114 valence electrons. The van der Waals surface area contributed by atoms with Crippen LogP contribution in [0.25, 0.3) is 10.9 Å². The van der Waals surface area contributed by atoms with E-state index in [0.717, 1.165) is 0 Å². The lowest BCUT2D eigenvalue weighted by Gasteiger charge is -2.13. The van der Waals surface area contributed by atoms with Gasteiger partial charge in [-0.05, 0) is 32.0 Å². The number of hydrogen-bond acceptors (Lipinski definition) is 4. The van der Waals surface area contributed by atoms with Crippen LogP contribution in [0.3, 0.4) is 0 Å². The zero-order chi connectivity index (χ0) is 15.6. The first kappa shape index (κ1) is 15.3. The Morgan fingerprint density at radius 1 is 1.43 bits per heavy atom. The van der Waals surface area contributed by atoms with Gasteiger partial charge in [-0.3, -0.25) is 4.79 Å². The van der Waals surface area contributed by atoms with Gasteiger partial charge in [-0.1, -0.05) is 0 Å². The van der Waals surface area contributed by atoms with Gasteiger partial charge in [0.15, 0.2) is 0 Å². The van der Waals surface area contributed by atoms with Gasteiger partial charge in [-0.2, -0.15) is 4.72 Å². The van der Waals surface area contributed by atoms with Crippen LogP contribution in [0, 0.1) is 0 Å². The Balaban J connectivity index is 2.34. The summed E-state index contributed by atoms with van der Waals surface area (Å²) in [6.45, 7) is 3.70. The zero-order valence-electron chi connectivity index (χ0n) is 11.8. The molecule has 2 rings (SSSR count). The molecule has 8 heteroatoms. The fourth-order valence-corrected chi connectivity index (χ4v) is 3.38. The minimum atomic E-state index is -3.82. The van der Waals surface area contributed by atoms with Crippen LogP contribution >= 0.6 is 0 Å². The van der Waals surface area contributed by atoms with Crippen LogP contribution in [-0.4, -0.2) is 31.9 Å². The minimum Gasteiger partial charge on any atom is -0.399 e. The van der Waals surface area contributed by atoms with Crippen LogP contribution < -0.4 is 15.8 Å². The number of benzene rings is 1. The molecule has 2 aromatic rings. The van der Waals surface area contributed by atoms with Crippen molar-refractivity contribution in [3.63, 3.8) is 0 Å². The van der Waals surface area contributed by atoms with Crippen LogP contribution in [0.15, 0.2) is 29.3 Å². The number of anilines is 1. The van der Waals surface area contributed by atoms with E-state index in [0.29, 0.717) is 23.1 Å². The van der Waals surface area contributed by atoms with Gasteiger partial charge in [-0.15, -0.1) is 0 Å². The Morgan fingerprint density at radius 2 is 2.14 bits per heavy atom. The van der Waals surface area contributed by atoms with Crippen molar-refractivity contribution in [2.24, 2.45) is 0 Å². The van der Waals surface area contributed by atoms with Crippen LogP contribution in [-0.2, 0) is 14.8 Å². The molecule has 1 atom stereocenters. The van der Waals surface area contributed by atoms with Crippen molar-refractivity contribution in [3.05, 3.63) is 24.4 Å². The normalized spacial score (nSPS) is 13.2. The topological polar surface area (TPSA) is 117 Å². The number of sulfonamides is 1. The van der Waals surface area contributed by atoms with Crippen molar-refractivity contribution in [1.29, 1.82) is 0 Å². The number of carbonyl (C=O) groups excluding carboxylic acids is 1. The molecule has 1 aromatic heterocycles. The highest BCUT2D eigenvalue weighted by Crippen LogP contribution is 2.24. The Kier molecular flexibility index (Phi) is 4.19. The van der Waals surface area contributed by atoms with Crippen LogP contribution in [0.5, 0.6) is 0 Å². The second kappa shape index (κ2) is 5.74. The van der Waals surface area contributed by atoms with Crippen molar-refractivity contribution >= 4 is 32.5 Å². The molecule has 1 heterocycles. The lowest BCUT2D eigenvalue weighted by atomic mass is 10.2. The maximum Gasteiger partial charge on any atom is 0.243 e. The second-order valence-corrected chi connectivity index (χ2v) is 6.38. The number of carbonyl (C=O) groups is 1. The smallest absolute Gasteiger partial charge is 0.243 e. The van der Waals surface area contributed by atoms with Gasteiger partial charge in [0.25, 0.3) is 0 Å². The highest BCUT2D eigenvalue weighted by molar-refractivity contribution is 7.89. The first-order valence-corrected chi connectivity index (χ1v) is 8.00. The maximum atomic E-state index is 12.4. The van der Waals surface area contributed by atoms with Crippen LogP contribution in [0.1, 0.15) is 13.8 Å². The molecule has 1 amide bonds. The molecule has 7 nitrogen and oxygen atoms in total. The predicted octanol–water partition coefficient (Wildman–Crippen LogP) is 0.553. The van der Waals surface area contributed by atoms with Crippen molar-refractivity contribution in [2.75, 3.05) is 12.3 Å². The molecule has 0 spiro atoms. The van der Waals surface area contributed by atoms with Gasteiger partial charge in [0.1, 0.15) is 4.90 Å². The van der Waals surface area contributed by atoms with Crippen LogP contribution in [0.2, 0.25) is 0 Å². The molecule has 0 saturated carbocycles. The fraction of sp³-hybridized carbons (Fsp3) is 0.308. The van der Waals surface area contributed by atoms with E-state index in [2.05, 4.69) is 15.0 Å². The lowest BCUT2D eigenvalue weighted by molar-refractivity contribution is -0.122. The Hall–Kier alpha value is -2.06. The summed E-state index contributed by atoms with van der Waals surface area (Å²) in [7, 11) is -3.82. The van der Waals surface area contributed by atoms with Crippen molar-refractivity contribution in [2.45, 2.75) is 24.8 Å². The SMILES string of the molecule is CCNC(=O)C(C)NS(=O)(=O)c1c[nH]c2ccc(N)cc12. The molecule has 0 fully saturated rings. The number of aromatic nitrogens is 1. The summed E-state index contributed by atoms with van der Waals surface area (Å²) >= 11 is 0. The summed E-state index contributed by atoms with van der Waals surface area (Å²) < 4.78 is 27.1. The van der Waals surface area contributed by atoms with Crippen molar-refractivity contribution < 1.29 is 13.2 Å². The fourth-order valence-electron chi connectivity index (χ4n) is 2.01. The number of aromatic amines is 1. The maximum absolute atomic E-state index is 12.4. The van der Waals surface area contributed by atoms with Gasteiger partial charge in [0.05, 0.1) is 6.04 Å². The van der Waals surface area contributed by atoms with Gasteiger partial charge in [0.2, 0.25) is 15.9 Å². The number of amides is 1. The highest BCUT2D eigenvalue weighted by atomic mass is 32.2. The molecule has 21 heavy (non-hydrogen) atoms. The number of H-pyrrole nitrogens is 1. The van der Waals surface area contributed by atoms with E-state index in [-0.39, 0.29) is 10.8 Å². The molecule has 0 aliphatic carbocycles. The van der Waals surface area contributed by atoms with E-state index in [9.17, 15) is 13.2 Å². The first-order chi connectivity index (χ1) is 9.85. The molecular formula is C13H18N4O3S. The third kappa shape index (κ3) is 3.17. The van der Waals surface area contributed by atoms with E-state index in [4.69, 9.17) is 5.73 Å². The van der Waals surface area contributed by atoms with Gasteiger partial charge in [0, 0.05) is 29.3 Å². The summed E-state index contributed by atoms with van der Waals surface area (Å²) in [5.74, 6) is -0.375. The van der Waals surface area contributed by atoms with Crippen molar-refractivity contribution in [1.82, 2.24) is 15.0 Å². The largest absolute Gasteiger partial charge is 0.399 e. The molecular weight excluding hydrogens is 292 g/mol. The molecule has 1 unspecified atom stereocenters. The average Bonchev–Trinajstić information content (AvgIpc) is 2.82. The monoisotopic (exact) mass is 310 g/mol. The zero-order valence-corrected chi connectivity index (χ0v) is 12.6. The quantitative estimate of drug-likeness (QED) is 0.603. The minimum absolute atomic E-state index is 0.0703. The predicted molar refractivity (Wildman–Crippen MR) is 81.2 cm³/mol. The summed E-state index contributed by atoms with van der Waals surface area (Å²) in [5.41, 5.74) is 6.82. The number of fused-ring (bicyclic) bond motifs is 1. The third-order valence-electron chi connectivity index (χ3n) is 3.03. The number of hydrogen-bond donors (Lipinski definition) is 4. The van der Waals surface area contributed by atoms with E-state index >= 15 is 0 Å². The summed E-state index contributed by atoms with van der Waals surface area (Å²) in [4.78, 5) is 14.6. The highest BCUT2D eigenvalue weighted by Gasteiger charge is 2.24. The number of likely N-dealkylation sites (N-methyl/N-ethyl adjacent to an activating group) is 1. The molecule has 5 N–H and O–H groups in total. The third-order valence-corrected chi connectivity index (χ3v) is 4.61. The number of rotatable bonds is 5. The van der Waals surface area contributed by atoms with Crippen LogP contribution in [0.4, 0.5) is 5.69 Å². The molecule has 0 bridgehead atoms. The molecule has 0 radical (unpaired) electrons. The van der Waals surface area contributed by atoms with Gasteiger partial charge < -0.3 is 16.0 Å². The lowest BCUT2D eigenvalue weighted by Crippen LogP contribution is -2.44. The van der Waals surface area contributed by atoms with E-state index < -0.39 is 16.1 Å².